The van der Waals surface area contributed by atoms with Gasteiger partial charge in [0.25, 0.3) is 0 Å². The third-order valence-corrected chi connectivity index (χ3v) is 3.24. The van der Waals surface area contributed by atoms with Gasteiger partial charge in [-0.15, -0.1) is 0 Å². The van der Waals surface area contributed by atoms with E-state index < -0.39 is 5.97 Å². The molecule has 3 nitrogen and oxygen atoms in total. The highest BCUT2D eigenvalue weighted by Crippen LogP contribution is 2.19. The van der Waals surface area contributed by atoms with Crippen molar-refractivity contribution in [3.05, 3.63) is 0 Å². The van der Waals surface area contributed by atoms with Crippen LogP contribution in [-0.4, -0.2) is 11.2 Å². The second kappa shape index (κ2) is 11.9. The Morgan fingerprint density at radius 2 is 1.47 bits per heavy atom. The Bertz CT molecular complexity index is 180. The molecule has 0 saturated heterocycles. The molecule has 0 fully saturated rings. The van der Waals surface area contributed by atoms with E-state index in [9.17, 15) is 4.79 Å². The van der Waals surface area contributed by atoms with E-state index in [0.717, 1.165) is 32.1 Å². The lowest BCUT2D eigenvalue weighted by Crippen LogP contribution is -2.16. The van der Waals surface area contributed by atoms with E-state index in [1.807, 2.05) is 0 Å². The minimum atomic E-state index is -0.452. The molecule has 1 atom stereocenters. The van der Waals surface area contributed by atoms with E-state index in [1.54, 1.807) is 0 Å². The molecule has 0 aliphatic carbocycles. The van der Waals surface area contributed by atoms with Crippen molar-refractivity contribution >= 4 is 5.97 Å². The highest BCUT2D eigenvalue weighted by molar-refractivity contribution is 5.71. The Hall–Kier alpha value is -0.570. The van der Waals surface area contributed by atoms with Crippen LogP contribution in [-0.2, 0) is 9.68 Å². The van der Waals surface area contributed by atoms with Crippen LogP contribution in [0.4, 0.5) is 0 Å². The molecule has 0 saturated carbocycles. The molecule has 102 valence electrons. The molecule has 0 rings (SSSR count). The fraction of sp³-hybridized carbons (Fsp3) is 0.929. The lowest BCUT2D eigenvalue weighted by atomic mass is 9.95. The lowest BCUT2D eigenvalue weighted by Gasteiger charge is -2.12. The number of hydrogen-bond donors (Lipinski definition) is 1. The first-order valence-electron chi connectivity index (χ1n) is 7.11. The molecule has 0 amide bonds. The van der Waals surface area contributed by atoms with Crippen molar-refractivity contribution in [1.82, 2.24) is 0 Å². The van der Waals surface area contributed by atoms with Crippen molar-refractivity contribution in [1.29, 1.82) is 0 Å². The summed E-state index contributed by atoms with van der Waals surface area (Å²) in [6.07, 6.45) is 11.1. The highest BCUT2D eigenvalue weighted by Gasteiger charge is 2.19. The second-order valence-electron chi connectivity index (χ2n) is 4.81. The number of hydrogen-bond acceptors (Lipinski definition) is 3. The summed E-state index contributed by atoms with van der Waals surface area (Å²) in [4.78, 5) is 15.2. The number of carbonyl (C=O) groups is 1. The SMILES string of the molecule is CCCCCCCCC(CCCC)C(=O)OO. The normalized spacial score (nSPS) is 12.4. The summed E-state index contributed by atoms with van der Waals surface area (Å²) < 4.78 is 0. The fourth-order valence-electron chi connectivity index (χ4n) is 2.08. The molecule has 17 heavy (non-hydrogen) atoms. The average molecular weight is 244 g/mol. The van der Waals surface area contributed by atoms with E-state index in [4.69, 9.17) is 5.26 Å². The van der Waals surface area contributed by atoms with Crippen LogP contribution < -0.4 is 0 Å². The van der Waals surface area contributed by atoms with Gasteiger partial charge in [0.2, 0.25) is 0 Å². The molecule has 0 aliphatic rings. The Kier molecular flexibility index (Phi) is 11.5. The average Bonchev–Trinajstić information content (AvgIpc) is 2.36. The Labute approximate surface area is 105 Å². The second-order valence-corrected chi connectivity index (χ2v) is 4.81. The predicted molar refractivity (Wildman–Crippen MR) is 69.7 cm³/mol. The van der Waals surface area contributed by atoms with E-state index in [1.165, 1.54) is 32.1 Å². The molecule has 0 aromatic carbocycles. The van der Waals surface area contributed by atoms with Crippen LogP contribution >= 0.6 is 0 Å². The summed E-state index contributed by atoms with van der Waals surface area (Å²) in [5.41, 5.74) is 0. The molecule has 0 heterocycles. The van der Waals surface area contributed by atoms with Crippen molar-refractivity contribution < 1.29 is 14.9 Å². The van der Waals surface area contributed by atoms with Crippen LogP contribution in [0.5, 0.6) is 0 Å². The summed E-state index contributed by atoms with van der Waals surface area (Å²) in [5.74, 6) is -0.557. The van der Waals surface area contributed by atoms with Gasteiger partial charge in [-0.25, -0.2) is 4.79 Å². The number of unbranched alkanes of at least 4 members (excludes halogenated alkanes) is 6. The van der Waals surface area contributed by atoms with Gasteiger partial charge in [0, 0.05) is 0 Å². The van der Waals surface area contributed by atoms with Gasteiger partial charge in [-0.2, -0.15) is 5.26 Å². The topological polar surface area (TPSA) is 46.5 Å². The minimum Gasteiger partial charge on any atom is -0.301 e. The Balaban J connectivity index is 3.64. The number of carbonyl (C=O) groups excluding carboxylic acids is 1. The smallest absolute Gasteiger partial charge is 0.301 e. The largest absolute Gasteiger partial charge is 0.345 e. The van der Waals surface area contributed by atoms with Crippen LogP contribution in [0.1, 0.15) is 78.1 Å². The zero-order chi connectivity index (χ0) is 12.9. The third kappa shape index (κ3) is 9.16. The summed E-state index contributed by atoms with van der Waals surface area (Å²) in [5, 5.41) is 8.43. The van der Waals surface area contributed by atoms with E-state index in [-0.39, 0.29) is 5.92 Å². The van der Waals surface area contributed by atoms with Gasteiger partial charge < -0.3 is 4.89 Å². The molecule has 1 N–H and O–H groups in total. The van der Waals surface area contributed by atoms with Crippen molar-refractivity contribution in [3.63, 3.8) is 0 Å². The molecule has 0 bridgehead atoms. The van der Waals surface area contributed by atoms with Gasteiger partial charge in [-0.1, -0.05) is 65.2 Å². The van der Waals surface area contributed by atoms with E-state index >= 15 is 0 Å². The first-order valence-corrected chi connectivity index (χ1v) is 7.11. The summed E-state index contributed by atoms with van der Waals surface area (Å²) in [6, 6.07) is 0. The van der Waals surface area contributed by atoms with E-state index in [2.05, 4.69) is 18.7 Å². The highest BCUT2D eigenvalue weighted by atomic mass is 17.1. The van der Waals surface area contributed by atoms with Gasteiger partial charge in [0.15, 0.2) is 0 Å². The van der Waals surface area contributed by atoms with Gasteiger partial charge in [0.1, 0.15) is 0 Å². The molecule has 1 unspecified atom stereocenters. The molecule has 3 heteroatoms. The van der Waals surface area contributed by atoms with Crippen LogP contribution in [0, 0.1) is 5.92 Å². The molecule has 0 spiro atoms. The lowest BCUT2D eigenvalue weighted by molar-refractivity contribution is -0.239. The standard InChI is InChI=1S/C14H28O3/c1-3-5-7-8-9-10-12-13(11-6-4-2)14(15)17-16/h13,16H,3-12H2,1-2H3. The van der Waals surface area contributed by atoms with Gasteiger partial charge in [-0.3, -0.25) is 0 Å². The molecule has 0 aromatic heterocycles. The van der Waals surface area contributed by atoms with Crippen LogP contribution in [0.15, 0.2) is 0 Å². The quantitative estimate of drug-likeness (QED) is 0.329. The summed E-state index contributed by atoms with van der Waals surface area (Å²) >= 11 is 0. The summed E-state index contributed by atoms with van der Waals surface area (Å²) in [7, 11) is 0. The van der Waals surface area contributed by atoms with Crippen molar-refractivity contribution in [2.75, 3.05) is 0 Å². The third-order valence-electron chi connectivity index (χ3n) is 3.24. The maximum Gasteiger partial charge on any atom is 0.345 e. The molecular weight excluding hydrogens is 216 g/mol. The van der Waals surface area contributed by atoms with E-state index in [0.29, 0.717) is 0 Å². The van der Waals surface area contributed by atoms with Crippen LogP contribution in [0.25, 0.3) is 0 Å². The van der Waals surface area contributed by atoms with Crippen molar-refractivity contribution in [2.45, 2.75) is 78.1 Å². The molecule has 0 radical (unpaired) electrons. The van der Waals surface area contributed by atoms with Crippen molar-refractivity contribution in [3.8, 4) is 0 Å². The van der Waals surface area contributed by atoms with Gasteiger partial charge >= 0.3 is 5.97 Å². The molecule has 0 aliphatic heterocycles. The Morgan fingerprint density at radius 1 is 0.941 bits per heavy atom. The molecule has 0 aromatic rings. The van der Waals surface area contributed by atoms with Crippen LogP contribution in [0.2, 0.25) is 0 Å². The zero-order valence-corrected chi connectivity index (χ0v) is 11.4. The predicted octanol–water partition coefficient (Wildman–Crippen LogP) is 4.56. The minimum absolute atomic E-state index is 0.105. The molecular formula is C14H28O3. The van der Waals surface area contributed by atoms with Crippen molar-refractivity contribution in [2.24, 2.45) is 5.92 Å². The zero-order valence-electron chi connectivity index (χ0n) is 11.4. The van der Waals surface area contributed by atoms with Gasteiger partial charge in [0.05, 0.1) is 5.92 Å². The number of rotatable bonds is 11. The summed E-state index contributed by atoms with van der Waals surface area (Å²) in [6.45, 7) is 4.31. The Morgan fingerprint density at radius 3 is 2.06 bits per heavy atom. The van der Waals surface area contributed by atoms with Crippen LogP contribution in [0.3, 0.4) is 0 Å². The first-order chi connectivity index (χ1) is 8.26. The van der Waals surface area contributed by atoms with Gasteiger partial charge in [-0.05, 0) is 12.8 Å². The fourth-order valence-corrected chi connectivity index (χ4v) is 2.08. The maximum atomic E-state index is 11.3. The first kappa shape index (κ1) is 16.4. The monoisotopic (exact) mass is 244 g/mol. The maximum absolute atomic E-state index is 11.3.